The molecule has 0 aliphatic heterocycles. The molecule has 0 spiro atoms. The highest BCUT2D eigenvalue weighted by Gasteiger charge is 2.09. The Labute approximate surface area is 98.3 Å². The minimum Gasteiger partial charge on any atom is -0.354 e. The van der Waals surface area contributed by atoms with Crippen LogP contribution in [0.25, 0.3) is 5.69 Å². The highest BCUT2D eigenvalue weighted by Crippen LogP contribution is 2.12. The van der Waals surface area contributed by atoms with Gasteiger partial charge < -0.3 is 5.32 Å². The molecule has 0 saturated heterocycles. The van der Waals surface area contributed by atoms with Crippen molar-refractivity contribution in [3.8, 4) is 11.8 Å². The minimum absolute atomic E-state index is 0.252. The topological polar surface area (TPSA) is 70.7 Å². The van der Waals surface area contributed by atoms with Crippen LogP contribution >= 0.6 is 0 Å². The monoisotopic (exact) mass is 226 g/mol. The number of carbonyl (C=O) groups excluding carboxylic acids is 1. The third-order valence-electron chi connectivity index (χ3n) is 2.32. The van der Waals surface area contributed by atoms with Crippen LogP contribution in [0.2, 0.25) is 0 Å². The molecular formula is C12H10N4O. The molecule has 1 heterocycles. The predicted molar refractivity (Wildman–Crippen MR) is 61.7 cm³/mol. The summed E-state index contributed by atoms with van der Waals surface area (Å²) in [4.78, 5) is 11.4. The molecular weight excluding hydrogens is 216 g/mol. The maximum Gasteiger partial charge on any atom is 0.271 e. The Morgan fingerprint density at radius 3 is 2.88 bits per heavy atom. The summed E-state index contributed by atoms with van der Waals surface area (Å²) in [6.45, 7) is 0. The van der Waals surface area contributed by atoms with Gasteiger partial charge in [-0.05, 0) is 18.2 Å². The van der Waals surface area contributed by atoms with Crippen LogP contribution in [-0.2, 0) is 0 Å². The third-order valence-corrected chi connectivity index (χ3v) is 2.32. The number of rotatable bonds is 2. The first-order chi connectivity index (χ1) is 8.26. The SMILES string of the molecule is CNC(=O)c1ccn(-c2ccccc2C#N)n1. The molecule has 0 radical (unpaired) electrons. The summed E-state index contributed by atoms with van der Waals surface area (Å²) in [5, 5.41) is 15.6. The van der Waals surface area contributed by atoms with Gasteiger partial charge in [0.25, 0.3) is 5.91 Å². The van der Waals surface area contributed by atoms with Crippen LogP contribution in [0.5, 0.6) is 0 Å². The van der Waals surface area contributed by atoms with Gasteiger partial charge in [-0.15, -0.1) is 0 Å². The normalized spacial score (nSPS) is 9.65. The van der Waals surface area contributed by atoms with Gasteiger partial charge in [-0.3, -0.25) is 4.79 Å². The molecule has 1 amide bonds. The predicted octanol–water partition coefficient (Wildman–Crippen LogP) is 1.10. The van der Waals surface area contributed by atoms with Gasteiger partial charge in [-0.2, -0.15) is 10.4 Å². The molecule has 84 valence electrons. The second-order valence-electron chi connectivity index (χ2n) is 3.35. The van der Waals surface area contributed by atoms with E-state index in [0.29, 0.717) is 16.9 Å². The summed E-state index contributed by atoms with van der Waals surface area (Å²) in [7, 11) is 1.55. The number of nitriles is 1. The molecule has 2 rings (SSSR count). The lowest BCUT2D eigenvalue weighted by atomic mass is 10.2. The van der Waals surface area contributed by atoms with E-state index in [1.54, 1.807) is 37.5 Å². The van der Waals surface area contributed by atoms with Crippen LogP contribution in [0.4, 0.5) is 0 Å². The first-order valence-electron chi connectivity index (χ1n) is 5.03. The lowest BCUT2D eigenvalue weighted by Gasteiger charge is -2.02. The molecule has 0 aliphatic carbocycles. The van der Waals surface area contributed by atoms with Crippen molar-refractivity contribution >= 4 is 5.91 Å². The van der Waals surface area contributed by atoms with Gasteiger partial charge in [0.2, 0.25) is 0 Å². The highest BCUT2D eigenvalue weighted by atomic mass is 16.1. The molecule has 1 N–H and O–H groups in total. The largest absolute Gasteiger partial charge is 0.354 e. The standard InChI is InChI=1S/C12H10N4O/c1-14-12(17)10-6-7-16(15-10)11-5-3-2-4-9(11)8-13/h2-7H,1H3,(H,14,17). The fourth-order valence-corrected chi connectivity index (χ4v) is 1.48. The fraction of sp³-hybridized carbons (Fsp3) is 0.0833. The molecule has 1 aromatic carbocycles. The Kier molecular flexibility index (Phi) is 2.88. The van der Waals surface area contributed by atoms with E-state index in [4.69, 9.17) is 5.26 Å². The van der Waals surface area contributed by atoms with Gasteiger partial charge in [0.05, 0.1) is 11.3 Å². The summed E-state index contributed by atoms with van der Waals surface area (Å²) < 4.78 is 1.52. The summed E-state index contributed by atoms with van der Waals surface area (Å²) in [5.41, 5.74) is 1.49. The first kappa shape index (κ1) is 10.9. The van der Waals surface area contributed by atoms with Gasteiger partial charge in [0.15, 0.2) is 5.69 Å². The number of para-hydroxylation sites is 1. The number of aromatic nitrogens is 2. The van der Waals surface area contributed by atoms with Crippen molar-refractivity contribution < 1.29 is 4.79 Å². The number of carbonyl (C=O) groups is 1. The second-order valence-corrected chi connectivity index (χ2v) is 3.35. The fourth-order valence-electron chi connectivity index (χ4n) is 1.48. The van der Waals surface area contributed by atoms with Crippen LogP contribution < -0.4 is 5.32 Å². The molecule has 0 unspecified atom stereocenters. The van der Waals surface area contributed by atoms with Gasteiger partial charge in [0.1, 0.15) is 6.07 Å². The van der Waals surface area contributed by atoms with Crippen molar-refractivity contribution in [1.29, 1.82) is 5.26 Å². The van der Waals surface area contributed by atoms with Crippen molar-refractivity contribution in [1.82, 2.24) is 15.1 Å². The van der Waals surface area contributed by atoms with Gasteiger partial charge >= 0.3 is 0 Å². The van der Waals surface area contributed by atoms with Crippen molar-refractivity contribution in [2.75, 3.05) is 7.05 Å². The second kappa shape index (κ2) is 4.49. The zero-order chi connectivity index (χ0) is 12.3. The minimum atomic E-state index is -0.252. The average molecular weight is 226 g/mol. The van der Waals surface area contributed by atoms with E-state index in [1.807, 2.05) is 6.07 Å². The smallest absolute Gasteiger partial charge is 0.271 e. The molecule has 5 nitrogen and oxygen atoms in total. The van der Waals surface area contributed by atoms with Crippen molar-refractivity contribution in [3.63, 3.8) is 0 Å². The van der Waals surface area contributed by atoms with Crippen molar-refractivity contribution in [2.45, 2.75) is 0 Å². The zero-order valence-corrected chi connectivity index (χ0v) is 9.21. The number of nitrogens with zero attached hydrogens (tertiary/aromatic N) is 3. The van der Waals surface area contributed by atoms with E-state index in [1.165, 1.54) is 4.68 Å². The Morgan fingerprint density at radius 1 is 1.41 bits per heavy atom. The van der Waals surface area contributed by atoms with Crippen LogP contribution in [0.3, 0.4) is 0 Å². The van der Waals surface area contributed by atoms with E-state index in [-0.39, 0.29) is 5.91 Å². The maximum atomic E-state index is 11.4. The summed E-state index contributed by atoms with van der Waals surface area (Å²) in [6.07, 6.45) is 1.65. The summed E-state index contributed by atoms with van der Waals surface area (Å²) >= 11 is 0. The quantitative estimate of drug-likeness (QED) is 0.833. The number of hydrogen-bond donors (Lipinski definition) is 1. The lowest BCUT2D eigenvalue weighted by Crippen LogP contribution is -2.18. The number of benzene rings is 1. The van der Waals surface area contributed by atoms with Gasteiger partial charge in [0, 0.05) is 13.2 Å². The molecule has 0 saturated carbocycles. The Morgan fingerprint density at radius 2 is 2.18 bits per heavy atom. The van der Waals surface area contributed by atoms with Crippen LogP contribution in [0.15, 0.2) is 36.5 Å². The van der Waals surface area contributed by atoms with Gasteiger partial charge in [-0.1, -0.05) is 12.1 Å². The zero-order valence-electron chi connectivity index (χ0n) is 9.21. The number of nitrogens with one attached hydrogen (secondary N) is 1. The Bertz CT molecular complexity index is 595. The van der Waals surface area contributed by atoms with Gasteiger partial charge in [-0.25, -0.2) is 4.68 Å². The summed E-state index contributed by atoms with van der Waals surface area (Å²) in [6, 6.07) is 10.8. The number of amides is 1. The van der Waals surface area contributed by atoms with Crippen LogP contribution in [0.1, 0.15) is 16.1 Å². The molecule has 2 aromatic rings. The molecule has 1 aromatic heterocycles. The molecule has 17 heavy (non-hydrogen) atoms. The average Bonchev–Trinajstić information content (AvgIpc) is 2.87. The van der Waals surface area contributed by atoms with E-state index >= 15 is 0 Å². The highest BCUT2D eigenvalue weighted by molar-refractivity contribution is 5.91. The first-order valence-corrected chi connectivity index (χ1v) is 5.03. The Balaban J connectivity index is 2.44. The molecule has 5 heteroatoms. The summed E-state index contributed by atoms with van der Waals surface area (Å²) in [5.74, 6) is -0.252. The maximum absolute atomic E-state index is 11.4. The van der Waals surface area contributed by atoms with Crippen LogP contribution in [-0.4, -0.2) is 22.7 Å². The van der Waals surface area contributed by atoms with E-state index in [0.717, 1.165) is 0 Å². The third kappa shape index (κ3) is 2.01. The van der Waals surface area contributed by atoms with E-state index in [9.17, 15) is 4.79 Å². The Hall–Kier alpha value is -2.61. The lowest BCUT2D eigenvalue weighted by molar-refractivity contribution is 0.0957. The molecule has 0 fully saturated rings. The molecule has 0 aliphatic rings. The number of hydrogen-bond acceptors (Lipinski definition) is 3. The molecule has 0 atom stereocenters. The van der Waals surface area contributed by atoms with Crippen molar-refractivity contribution in [2.24, 2.45) is 0 Å². The van der Waals surface area contributed by atoms with Crippen molar-refractivity contribution in [3.05, 3.63) is 47.8 Å². The molecule has 0 bridgehead atoms. The van der Waals surface area contributed by atoms with E-state index in [2.05, 4.69) is 16.5 Å². The van der Waals surface area contributed by atoms with Crippen LogP contribution in [0, 0.1) is 11.3 Å². The van der Waals surface area contributed by atoms with E-state index < -0.39 is 0 Å².